The zero-order valence-electron chi connectivity index (χ0n) is 13.8. The second kappa shape index (κ2) is 6.82. The molecule has 0 aromatic heterocycles. The van der Waals surface area contributed by atoms with Crippen LogP contribution in [0.15, 0.2) is 47.4 Å². The standard InChI is InChI=1S/C17H19FN2O3S.ClH/c1-17(2)10-15(14-9-12(19)6-7-16(14)23-17)20-24(21,22)13-5-3-4-11(18)8-13;/h3-9,15,20H,10,19H2,1-2H3;1H. The van der Waals surface area contributed by atoms with E-state index < -0.39 is 27.5 Å². The zero-order chi connectivity index (χ0) is 17.5. The molecular weight excluding hydrogens is 367 g/mol. The lowest BCUT2D eigenvalue weighted by Gasteiger charge is -2.37. The number of anilines is 1. The van der Waals surface area contributed by atoms with E-state index in [1.54, 1.807) is 18.2 Å². The SMILES string of the molecule is CC1(C)CC(NS(=O)(=O)c2cccc(F)c2)c2cc(N)ccc2O1.Cl. The number of nitrogen functional groups attached to an aromatic ring is 1. The van der Waals surface area contributed by atoms with E-state index in [4.69, 9.17) is 10.5 Å². The van der Waals surface area contributed by atoms with Gasteiger partial charge < -0.3 is 10.5 Å². The summed E-state index contributed by atoms with van der Waals surface area (Å²) in [5.41, 5.74) is 6.48. The lowest BCUT2D eigenvalue weighted by atomic mass is 9.90. The van der Waals surface area contributed by atoms with Crippen molar-refractivity contribution in [2.24, 2.45) is 0 Å². The molecule has 8 heteroatoms. The fourth-order valence-electron chi connectivity index (χ4n) is 2.87. The van der Waals surface area contributed by atoms with Crippen LogP contribution < -0.4 is 15.2 Å². The maximum absolute atomic E-state index is 13.4. The van der Waals surface area contributed by atoms with Gasteiger partial charge in [0.05, 0.1) is 10.9 Å². The Hall–Kier alpha value is -1.83. The van der Waals surface area contributed by atoms with Crippen LogP contribution in [0.4, 0.5) is 10.1 Å². The number of hydrogen-bond donors (Lipinski definition) is 2. The van der Waals surface area contributed by atoms with Crippen LogP contribution in [0.5, 0.6) is 5.75 Å². The molecule has 2 aromatic carbocycles. The minimum Gasteiger partial charge on any atom is -0.487 e. The van der Waals surface area contributed by atoms with Gasteiger partial charge >= 0.3 is 0 Å². The number of nitrogens with one attached hydrogen (secondary N) is 1. The minimum atomic E-state index is -3.87. The fourth-order valence-corrected chi connectivity index (χ4v) is 4.11. The van der Waals surface area contributed by atoms with Crippen molar-refractivity contribution < 1.29 is 17.5 Å². The van der Waals surface area contributed by atoms with Gasteiger partial charge in [-0.2, -0.15) is 0 Å². The van der Waals surface area contributed by atoms with Gasteiger partial charge in [0.2, 0.25) is 10.0 Å². The summed E-state index contributed by atoms with van der Waals surface area (Å²) in [5, 5.41) is 0. The average Bonchev–Trinajstić information content (AvgIpc) is 2.47. The van der Waals surface area contributed by atoms with E-state index in [0.29, 0.717) is 23.4 Å². The van der Waals surface area contributed by atoms with Crippen LogP contribution in [0.1, 0.15) is 31.9 Å². The molecule has 0 amide bonds. The number of hydrogen-bond acceptors (Lipinski definition) is 4. The van der Waals surface area contributed by atoms with Crippen LogP contribution in [0.3, 0.4) is 0 Å². The number of fused-ring (bicyclic) bond motifs is 1. The van der Waals surface area contributed by atoms with E-state index in [0.717, 1.165) is 6.07 Å². The molecule has 136 valence electrons. The van der Waals surface area contributed by atoms with Crippen LogP contribution in [0.2, 0.25) is 0 Å². The highest BCUT2D eigenvalue weighted by molar-refractivity contribution is 7.89. The molecule has 1 heterocycles. The third-order valence-corrected chi connectivity index (χ3v) is 5.36. The molecule has 1 atom stereocenters. The van der Waals surface area contributed by atoms with E-state index in [2.05, 4.69) is 4.72 Å². The number of sulfonamides is 1. The molecule has 2 aromatic rings. The van der Waals surface area contributed by atoms with Crippen molar-refractivity contribution in [3.8, 4) is 5.75 Å². The Kier molecular flexibility index (Phi) is 5.32. The van der Waals surface area contributed by atoms with Crippen molar-refractivity contribution in [3.63, 3.8) is 0 Å². The Bertz CT molecular complexity index is 887. The third-order valence-electron chi connectivity index (χ3n) is 3.90. The van der Waals surface area contributed by atoms with E-state index >= 15 is 0 Å². The molecule has 25 heavy (non-hydrogen) atoms. The summed E-state index contributed by atoms with van der Waals surface area (Å²) < 4.78 is 47.1. The van der Waals surface area contributed by atoms with E-state index in [9.17, 15) is 12.8 Å². The van der Waals surface area contributed by atoms with Crippen LogP contribution in [-0.4, -0.2) is 14.0 Å². The molecule has 0 saturated carbocycles. The van der Waals surface area contributed by atoms with Gasteiger partial charge in [-0.25, -0.2) is 17.5 Å². The summed E-state index contributed by atoms with van der Waals surface area (Å²) in [7, 11) is -3.87. The second-order valence-corrected chi connectivity index (χ2v) is 8.21. The summed E-state index contributed by atoms with van der Waals surface area (Å²) in [6.45, 7) is 3.77. The first-order valence-corrected chi connectivity index (χ1v) is 9.01. The van der Waals surface area contributed by atoms with Crippen molar-refractivity contribution in [2.75, 3.05) is 5.73 Å². The molecule has 3 rings (SSSR count). The van der Waals surface area contributed by atoms with E-state index in [-0.39, 0.29) is 17.3 Å². The van der Waals surface area contributed by atoms with Gasteiger partial charge in [0.25, 0.3) is 0 Å². The molecule has 0 saturated heterocycles. The quantitative estimate of drug-likeness (QED) is 0.792. The van der Waals surface area contributed by atoms with Gasteiger partial charge in [0, 0.05) is 17.7 Å². The minimum absolute atomic E-state index is 0. The maximum Gasteiger partial charge on any atom is 0.241 e. The monoisotopic (exact) mass is 386 g/mol. The number of ether oxygens (including phenoxy) is 1. The average molecular weight is 387 g/mol. The summed E-state index contributed by atoms with van der Waals surface area (Å²) in [5.74, 6) is -0.0118. The fraction of sp³-hybridized carbons (Fsp3) is 0.294. The Morgan fingerprint density at radius 1 is 1.24 bits per heavy atom. The van der Waals surface area contributed by atoms with Crippen molar-refractivity contribution in [1.82, 2.24) is 4.72 Å². The lowest BCUT2D eigenvalue weighted by Crippen LogP contribution is -2.41. The van der Waals surface area contributed by atoms with Crippen molar-refractivity contribution in [3.05, 3.63) is 53.8 Å². The maximum atomic E-state index is 13.4. The zero-order valence-corrected chi connectivity index (χ0v) is 15.5. The number of nitrogens with two attached hydrogens (primary N) is 1. The first-order chi connectivity index (χ1) is 11.2. The smallest absolute Gasteiger partial charge is 0.241 e. The second-order valence-electron chi connectivity index (χ2n) is 6.49. The van der Waals surface area contributed by atoms with Gasteiger partial charge in [-0.05, 0) is 50.2 Å². The largest absolute Gasteiger partial charge is 0.487 e. The molecule has 1 aliphatic rings. The molecular formula is C17H20ClFN2O3S. The predicted molar refractivity (Wildman–Crippen MR) is 96.9 cm³/mol. The lowest BCUT2D eigenvalue weighted by molar-refractivity contribution is 0.0702. The van der Waals surface area contributed by atoms with Crippen LogP contribution in [-0.2, 0) is 10.0 Å². The molecule has 5 nitrogen and oxygen atoms in total. The number of rotatable bonds is 3. The van der Waals surface area contributed by atoms with Crippen molar-refractivity contribution >= 4 is 28.1 Å². The van der Waals surface area contributed by atoms with Gasteiger partial charge in [-0.1, -0.05) is 6.07 Å². The number of halogens is 2. The normalized spacial score (nSPS) is 18.6. The number of benzene rings is 2. The van der Waals surface area contributed by atoms with Crippen molar-refractivity contribution in [2.45, 2.75) is 36.8 Å². The van der Waals surface area contributed by atoms with E-state index in [1.165, 1.54) is 18.2 Å². The highest BCUT2D eigenvalue weighted by atomic mass is 35.5. The Morgan fingerprint density at radius 2 is 1.96 bits per heavy atom. The molecule has 1 aliphatic heterocycles. The van der Waals surface area contributed by atoms with Gasteiger partial charge in [0.15, 0.2) is 0 Å². The van der Waals surface area contributed by atoms with Gasteiger partial charge in [0.1, 0.15) is 17.2 Å². The van der Waals surface area contributed by atoms with Crippen LogP contribution >= 0.6 is 12.4 Å². The highest BCUT2D eigenvalue weighted by Gasteiger charge is 2.36. The summed E-state index contributed by atoms with van der Waals surface area (Å²) in [4.78, 5) is -0.114. The molecule has 0 aliphatic carbocycles. The van der Waals surface area contributed by atoms with Crippen LogP contribution in [0, 0.1) is 5.82 Å². The first kappa shape index (κ1) is 19.5. The summed E-state index contributed by atoms with van der Waals surface area (Å²) >= 11 is 0. The predicted octanol–water partition coefficient (Wildman–Crippen LogP) is 3.41. The molecule has 0 bridgehead atoms. The highest BCUT2D eigenvalue weighted by Crippen LogP contribution is 2.41. The van der Waals surface area contributed by atoms with E-state index in [1.807, 2.05) is 13.8 Å². The Balaban J connectivity index is 0.00000225. The Labute approximate surface area is 152 Å². The third kappa shape index (κ3) is 4.23. The van der Waals surface area contributed by atoms with Crippen LogP contribution in [0.25, 0.3) is 0 Å². The summed E-state index contributed by atoms with van der Waals surface area (Å²) in [6, 6.07) is 9.54. The van der Waals surface area contributed by atoms with Crippen molar-refractivity contribution in [1.29, 1.82) is 0 Å². The van der Waals surface area contributed by atoms with Gasteiger partial charge in [-0.3, -0.25) is 0 Å². The molecule has 1 unspecified atom stereocenters. The first-order valence-electron chi connectivity index (χ1n) is 7.53. The van der Waals surface area contributed by atoms with Gasteiger partial charge in [-0.15, -0.1) is 12.4 Å². The Morgan fingerprint density at radius 3 is 2.64 bits per heavy atom. The molecule has 0 radical (unpaired) electrons. The molecule has 3 N–H and O–H groups in total. The molecule has 0 spiro atoms. The summed E-state index contributed by atoms with van der Waals surface area (Å²) in [6.07, 6.45) is 0.429. The topological polar surface area (TPSA) is 81.4 Å². The molecule has 0 fully saturated rings.